The lowest BCUT2D eigenvalue weighted by Gasteiger charge is -2.23. The Labute approximate surface area is 222 Å². The van der Waals surface area contributed by atoms with Gasteiger partial charge in [0.2, 0.25) is 0 Å². The van der Waals surface area contributed by atoms with Crippen LogP contribution in [0.25, 0.3) is 0 Å². The Hall–Kier alpha value is -3.48. The molecule has 2 atom stereocenters. The fraction of sp³-hybridized carbons (Fsp3) is 0.387. The van der Waals surface area contributed by atoms with Crippen LogP contribution in [0.15, 0.2) is 72.8 Å². The summed E-state index contributed by atoms with van der Waals surface area (Å²) in [6, 6.07) is 21.8. The van der Waals surface area contributed by atoms with Gasteiger partial charge in [-0.15, -0.1) is 13.2 Å². The Morgan fingerprint density at radius 2 is 1.61 bits per heavy atom. The van der Waals surface area contributed by atoms with E-state index in [2.05, 4.69) is 10.1 Å². The molecule has 1 aliphatic heterocycles. The lowest BCUT2D eigenvalue weighted by atomic mass is 9.84. The number of nitrogens with one attached hydrogen (secondary N) is 1. The van der Waals surface area contributed by atoms with Crippen LogP contribution in [0.5, 0.6) is 11.5 Å². The van der Waals surface area contributed by atoms with E-state index >= 15 is 0 Å². The molecule has 0 aliphatic carbocycles. The number of anilines is 1. The van der Waals surface area contributed by atoms with Gasteiger partial charge in [-0.1, -0.05) is 55.7 Å². The third-order valence-corrected chi connectivity index (χ3v) is 7.14. The highest BCUT2D eigenvalue weighted by molar-refractivity contribution is 6.02. The molecule has 0 saturated heterocycles. The molecule has 38 heavy (non-hydrogen) atoms. The molecule has 202 valence electrons. The summed E-state index contributed by atoms with van der Waals surface area (Å²) in [4.78, 5) is 13.7. The summed E-state index contributed by atoms with van der Waals surface area (Å²) in [6.45, 7) is 0.677. The van der Waals surface area contributed by atoms with Gasteiger partial charge >= 0.3 is 6.36 Å². The van der Waals surface area contributed by atoms with Crippen LogP contribution < -0.4 is 14.8 Å². The summed E-state index contributed by atoms with van der Waals surface area (Å²) in [5.74, 6) is 0.916. The van der Waals surface area contributed by atoms with Crippen LogP contribution in [-0.2, 0) is 12.8 Å². The van der Waals surface area contributed by atoms with E-state index in [-0.39, 0.29) is 17.5 Å². The van der Waals surface area contributed by atoms with Gasteiger partial charge in [-0.05, 0) is 79.1 Å². The Bertz CT molecular complexity index is 1190. The Morgan fingerprint density at radius 1 is 0.842 bits per heavy atom. The molecular formula is C31H34F3NO3. The van der Waals surface area contributed by atoms with Crippen molar-refractivity contribution in [1.82, 2.24) is 0 Å². The lowest BCUT2D eigenvalue weighted by molar-refractivity contribution is -0.274. The van der Waals surface area contributed by atoms with Crippen molar-refractivity contribution in [3.8, 4) is 11.5 Å². The number of benzene rings is 3. The number of para-hydroxylation sites is 1. The zero-order chi connectivity index (χ0) is 27.0. The van der Waals surface area contributed by atoms with Gasteiger partial charge in [-0.25, -0.2) is 0 Å². The van der Waals surface area contributed by atoms with Crippen molar-refractivity contribution < 1.29 is 27.4 Å². The average molecular weight is 526 g/mol. The predicted octanol–water partition coefficient (Wildman–Crippen LogP) is 7.87. The molecule has 0 fully saturated rings. The number of hydrogen-bond donors (Lipinski definition) is 1. The molecule has 0 saturated carbocycles. The number of methoxy groups -OCH3 is 1. The highest BCUT2D eigenvalue weighted by Crippen LogP contribution is 2.30. The van der Waals surface area contributed by atoms with E-state index in [4.69, 9.17) is 4.74 Å². The van der Waals surface area contributed by atoms with Gasteiger partial charge in [0, 0.05) is 23.7 Å². The molecule has 3 aromatic rings. The number of hydrogen-bond acceptors (Lipinski definition) is 4. The molecule has 0 aromatic heterocycles. The number of fused-ring (bicyclic) bond motifs is 1. The maximum atomic E-state index is 13.7. The highest BCUT2D eigenvalue weighted by Gasteiger charge is 2.31. The number of alkyl halides is 3. The van der Waals surface area contributed by atoms with Gasteiger partial charge in [-0.2, -0.15) is 0 Å². The zero-order valence-corrected chi connectivity index (χ0v) is 21.6. The van der Waals surface area contributed by atoms with E-state index in [0.717, 1.165) is 54.7 Å². The molecule has 1 N–H and O–H groups in total. The monoisotopic (exact) mass is 525 g/mol. The summed E-state index contributed by atoms with van der Waals surface area (Å²) in [5, 5.41) is 3.46. The predicted molar refractivity (Wildman–Crippen MR) is 143 cm³/mol. The quantitative estimate of drug-likeness (QED) is 0.356. The van der Waals surface area contributed by atoms with E-state index < -0.39 is 6.36 Å². The van der Waals surface area contributed by atoms with Crippen molar-refractivity contribution in [2.24, 2.45) is 11.8 Å². The number of halogens is 3. The van der Waals surface area contributed by atoms with Crippen LogP contribution in [0.4, 0.5) is 18.9 Å². The third kappa shape index (κ3) is 8.01. The van der Waals surface area contributed by atoms with Gasteiger partial charge in [0.25, 0.3) is 0 Å². The summed E-state index contributed by atoms with van der Waals surface area (Å²) >= 11 is 0. The van der Waals surface area contributed by atoms with Gasteiger partial charge in [-0.3, -0.25) is 4.79 Å². The Morgan fingerprint density at radius 3 is 2.37 bits per heavy atom. The number of Topliss-reactive ketones (excluding diaryl/α,β-unsaturated/α-hetero) is 1. The van der Waals surface area contributed by atoms with Gasteiger partial charge < -0.3 is 14.8 Å². The van der Waals surface area contributed by atoms with Crippen molar-refractivity contribution in [2.45, 2.75) is 51.3 Å². The number of carbonyl (C=O) groups excluding carboxylic acids is 1. The molecule has 0 spiro atoms. The summed E-state index contributed by atoms with van der Waals surface area (Å²) < 4.78 is 47.4. The first-order valence-corrected chi connectivity index (χ1v) is 13.2. The van der Waals surface area contributed by atoms with Crippen molar-refractivity contribution in [2.75, 3.05) is 19.0 Å². The zero-order valence-electron chi connectivity index (χ0n) is 21.6. The molecule has 0 bridgehead atoms. The first-order valence-electron chi connectivity index (χ1n) is 13.2. The van der Waals surface area contributed by atoms with Crippen molar-refractivity contribution >= 4 is 11.5 Å². The van der Waals surface area contributed by atoms with Crippen LogP contribution >= 0.6 is 0 Å². The molecule has 1 heterocycles. The molecule has 4 rings (SSSR count). The Kier molecular flexibility index (Phi) is 9.32. The summed E-state index contributed by atoms with van der Waals surface area (Å²) in [6.07, 6.45) is 1.06. The molecule has 0 amide bonds. The van der Waals surface area contributed by atoms with E-state index in [9.17, 15) is 18.0 Å². The lowest BCUT2D eigenvalue weighted by Crippen LogP contribution is -2.21. The van der Waals surface area contributed by atoms with Crippen LogP contribution in [0.1, 0.15) is 53.6 Å². The fourth-order valence-electron chi connectivity index (χ4n) is 5.23. The van der Waals surface area contributed by atoms with E-state index in [1.54, 1.807) is 13.2 Å². The second kappa shape index (κ2) is 12.9. The fourth-order valence-corrected chi connectivity index (χ4v) is 5.23. The van der Waals surface area contributed by atoms with E-state index in [1.807, 2.05) is 54.6 Å². The normalized spacial score (nSPS) is 18.9. The second-order valence-electron chi connectivity index (χ2n) is 9.92. The third-order valence-electron chi connectivity index (χ3n) is 7.14. The standard InChI is InChI=1S/C31H34F3NO3/c1-37-26-15-13-23(14-16-26)20-25-9-3-2-7-22(17-18-35-29-12-5-4-11-28(29)30(25)36)19-24-8-6-10-27(21-24)38-31(32,33)34/h4-6,8,10-16,21-22,25,35H,2-3,7,9,17-20H2,1H3. The SMILES string of the molecule is COc1ccc(CC2CCCCC(Cc3cccc(OC(F)(F)F)c3)CCNc3ccccc3C2=O)cc1. The molecule has 3 aromatic carbocycles. The molecule has 7 heteroatoms. The van der Waals surface area contributed by atoms with Crippen LogP contribution in [-0.4, -0.2) is 25.8 Å². The summed E-state index contributed by atoms with van der Waals surface area (Å²) in [5.41, 5.74) is 3.47. The minimum atomic E-state index is -4.71. The van der Waals surface area contributed by atoms with Gasteiger partial charge in [0.1, 0.15) is 11.5 Å². The molecule has 1 aliphatic rings. The number of carbonyl (C=O) groups is 1. The Balaban J connectivity index is 1.49. The van der Waals surface area contributed by atoms with Crippen molar-refractivity contribution in [3.05, 3.63) is 89.5 Å². The van der Waals surface area contributed by atoms with Gasteiger partial charge in [0.15, 0.2) is 5.78 Å². The molecular weight excluding hydrogens is 491 g/mol. The average Bonchev–Trinajstić information content (AvgIpc) is 2.89. The van der Waals surface area contributed by atoms with Crippen LogP contribution in [0.3, 0.4) is 0 Å². The number of ketones is 1. The van der Waals surface area contributed by atoms with Crippen molar-refractivity contribution in [1.29, 1.82) is 0 Å². The smallest absolute Gasteiger partial charge is 0.497 e. The first-order chi connectivity index (χ1) is 18.3. The van der Waals surface area contributed by atoms with Gasteiger partial charge in [0.05, 0.1) is 7.11 Å². The number of ether oxygens (including phenoxy) is 2. The second-order valence-corrected chi connectivity index (χ2v) is 9.92. The molecule has 2 unspecified atom stereocenters. The first kappa shape index (κ1) is 27.6. The molecule has 0 radical (unpaired) electrons. The van der Waals surface area contributed by atoms with E-state index in [1.165, 1.54) is 12.1 Å². The number of rotatable bonds is 6. The van der Waals surface area contributed by atoms with Crippen LogP contribution in [0, 0.1) is 11.8 Å². The highest BCUT2D eigenvalue weighted by atomic mass is 19.4. The minimum Gasteiger partial charge on any atom is -0.497 e. The topological polar surface area (TPSA) is 47.6 Å². The van der Waals surface area contributed by atoms with E-state index in [0.29, 0.717) is 30.9 Å². The molecule has 4 nitrogen and oxygen atoms in total. The van der Waals surface area contributed by atoms with Crippen LogP contribution in [0.2, 0.25) is 0 Å². The maximum Gasteiger partial charge on any atom is 0.573 e. The minimum absolute atomic E-state index is 0.138. The summed E-state index contributed by atoms with van der Waals surface area (Å²) in [7, 11) is 1.63. The maximum absolute atomic E-state index is 13.7. The largest absolute Gasteiger partial charge is 0.573 e. The van der Waals surface area contributed by atoms with Crippen molar-refractivity contribution in [3.63, 3.8) is 0 Å².